The lowest BCUT2D eigenvalue weighted by atomic mass is 10.1. The smallest absolute Gasteiger partial charge is 0.419 e. The second-order valence-electron chi connectivity index (χ2n) is 7.64. The van der Waals surface area contributed by atoms with Crippen molar-refractivity contribution in [3.05, 3.63) is 72.6 Å². The molecule has 0 atom stereocenters. The van der Waals surface area contributed by atoms with Crippen molar-refractivity contribution in [3.8, 4) is 23.1 Å². The molecule has 182 valence electrons. The fraction of sp³-hybridized carbons (Fsp3) is 0.125. The van der Waals surface area contributed by atoms with Crippen molar-refractivity contribution < 1.29 is 23.1 Å². The highest BCUT2D eigenvalue weighted by Crippen LogP contribution is 2.39. The van der Waals surface area contributed by atoms with E-state index >= 15 is 0 Å². The molecule has 0 unspecified atom stereocenters. The Labute approximate surface area is 202 Å². The number of carbonyl (C=O) groups excluding carboxylic acids is 1. The van der Waals surface area contributed by atoms with E-state index in [1.165, 1.54) is 15.9 Å². The van der Waals surface area contributed by atoms with Crippen LogP contribution in [0, 0.1) is 11.3 Å². The van der Waals surface area contributed by atoms with E-state index in [1.807, 2.05) is 0 Å². The van der Waals surface area contributed by atoms with Crippen LogP contribution >= 0.6 is 0 Å². The second-order valence-corrected chi connectivity index (χ2v) is 7.64. The lowest BCUT2D eigenvalue weighted by molar-refractivity contribution is -0.138. The van der Waals surface area contributed by atoms with E-state index in [1.54, 1.807) is 36.4 Å². The van der Waals surface area contributed by atoms with Gasteiger partial charge in [-0.05, 0) is 24.3 Å². The third kappa shape index (κ3) is 4.54. The number of alkyl halides is 3. The number of rotatable bonds is 6. The summed E-state index contributed by atoms with van der Waals surface area (Å²) in [6.45, 7) is 3.64. The topological polar surface area (TPSA) is 134 Å². The number of nitrogens with two attached hydrogens (primary N) is 1. The minimum absolute atomic E-state index is 0.0366. The lowest BCUT2D eigenvalue weighted by Gasteiger charge is -2.22. The zero-order valence-corrected chi connectivity index (χ0v) is 18.6. The predicted molar refractivity (Wildman–Crippen MR) is 125 cm³/mol. The lowest BCUT2D eigenvalue weighted by Crippen LogP contribution is -2.34. The maximum atomic E-state index is 13.1. The molecule has 3 N–H and O–H groups in total. The quantitative estimate of drug-likeness (QED) is 0.307. The van der Waals surface area contributed by atoms with Crippen LogP contribution in [0.15, 0.2) is 67.0 Å². The molecule has 2 heterocycles. The molecule has 0 spiro atoms. The Bertz CT molecular complexity index is 1510. The van der Waals surface area contributed by atoms with Crippen LogP contribution < -0.4 is 10.6 Å². The maximum absolute atomic E-state index is 13.1. The fourth-order valence-electron chi connectivity index (χ4n) is 3.67. The number of fused-ring (bicyclic) bond motifs is 1. The minimum atomic E-state index is -4.73. The Hall–Kier alpha value is -4.92. The summed E-state index contributed by atoms with van der Waals surface area (Å²) in [5.74, 6) is -1.52. The molecule has 0 bridgehead atoms. The van der Waals surface area contributed by atoms with Gasteiger partial charge >= 0.3 is 6.18 Å². The van der Waals surface area contributed by atoms with Gasteiger partial charge in [-0.1, -0.05) is 30.8 Å². The first-order chi connectivity index (χ1) is 17.1. The van der Waals surface area contributed by atoms with Crippen LogP contribution in [-0.2, 0) is 17.5 Å². The molecule has 2 aromatic heterocycles. The number of para-hydroxylation sites is 1. The number of amides is 1. The molecular weight excluding hydrogens is 475 g/mol. The van der Waals surface area contributed by atoms with E-state index in [4.69, 9.17) is 11.0 Å². The van der Waals surface area contributed by atoms with Gasteiger partial charge in [-0.25, -0.2) is 14.6 Å². The molecular formula is C24H18F3N7O2. The number of phenols is 1. The zero-order valence-electron chi connectivity index (χ0n) is 18.6. The van der Waals surface area contributed by atoms with Crippen LogP contribution in [-0.4, -0.2) is 37.3 Å². The Morgan fingerprint density at radius 3 is 2.56 bits per heavy atom. The van der Waals surface area contributed by atoms with Crippen LogP contribution in [0.25, 0.3) is 22.3 Å². The first-order valence-electron chi connectivity index (χ1n) is 10.4. The van der Waals surface area contributed by atoms with E-state index in [9.17, 15) is 23.1 Å². The minimum Gasteiger partial charge on any atom is -0.507 e. The summed E-state index contributed by atoms with van der Waals surface area (Å²) in [5, 5.41) is 23.9. The zero-order chi connectivity index (χ0) is 26.0. The number of aromatic hydroxyl groups is 1. The molecule has 12 heteroatoms. The van der Waals surface area contributed by atoms with Crippen molar-refractivity contribution >= 4 is 28.4 Å². The van der Waals surface area contributed by atoms with Gasteiger partial charge < -0.3 is 15.7 Å². The number of halogens is 3. The summed E-state index contributed by atoms with van der Waals surface area (Å²) >= 11 is 0. The number of carbonyl (C=O) groups is 1. The number of aromatic nitrogens is 4. The van der Waals surface area contributed by atoms with E-state index in [2.05, 4.69) is 21.6 Å². The van der Waals surface area contributed by atoms with Crippen molar-refractivity contribution in [2.75, 3.05) is 17.2 Å². The van der Waals surface area contributed by atoms with Gasteiger partial charge in [-0.15, -0.1) is 0 Å². The third-order valence-electron chi connectivity index (χ3n) is 5.38. The monoisotopic (exact) mass is 493 g/mol. The van der Waals surface area contributed by atoms with Crippen molar-refractivity contribution in [1.29, 1.82) is 5.26 Å². The van der Waals surface area contributed by atoms with Crippen molar-refractivity contribution in [2.45, 2.75) is 12.7 Å². The summed E-state index contributed by atoms with van der Waals surface area (Å²) in [6.07, 6.45) is -3.52. The maximum Gasteiger partial charge on any atom is 0.419 e. The van der Waals surface area contributed by atoms with E-state index in [0.29, 0.717) is 5.69 Å². The highest BCUT2D eigenvalue weighted by molar-refractivity contribution is 6.07. The molecule has 0 saturated carbocycles. The molecule has 0 aliphatic rings. The van der Waals surface area contributed by atoms with Crippen LogP contribution in [0.5, 0.6) is 5.75 Å². The van der Waals surface area contributed by atoms with Gasteiger partial charge in [0, 0.05) is 17.8 Å². The first kappa shape index (κ1) is 24.2. The number of nitrogens with zero attached hydrogens (tertiary/aromatic N) is 6. The van der Waals surface area contributed by atoms with Crippen LogP contribution in [0.3, 0.4) is 0 Å². The van der Waals surface area contributed by atoms with Crippen LogP contribution in [0.1, 0.15) is 5.56 Å². The van der Waals surface area contributed by atoms with Crippen molar-refractivity contribution in [3.63, 3.8) is 0 Å². The Morgan fingerprint density at radius 2 is 1.92 bits per heavy atom. The molecule has 2 aromatic carbocycles. The van der Waals surface area contributed by atoms with Gasteiger partial charge in [-0.2, -0.15) is 23.5 Å². The summed E-state index contributed by atoms with van der Waals surface area (Å²) in [7, 11) is 0. The van der Waals surface area contributed by atoms with Crippen LogP contribution in [0.4, 0.5) is 24.7 Å². The van der Waals surface area contributed by atoms with E-state index in [-0.39, 0.29) is 46.8 Å². The normalized spacial score (nSPS) is 11.3. The molecule has 4 aromatic rings. The molecule has 0 radical (unpaired) electrons. The number of nitriles is 1. The molecule has 4 rings (SSSR count). The summed E-state index contributed by atoms with van der Waals surface area (Å²) in [6, 6.07) is 13.2. The molecule has 0 saturated heterocycles. The van der Waals surface area contributed by atoms with Crippen molar-refractivity contribution in [2.24, 2.45) is 0 Å². The largest absolute Gasteiger partial charge is 0.507 e. The first-order valence-corrected chi connectivity index (χ1v) is 10.4. The third-order valence-corrected chi connectivity index (χ3v) is 5.38. The van der Waals surface area contributed by atoms with Gasteiger partial charge in [0.15, 0.2) is 5.65 Å². The van der Waals surface area contributed by atoms with Crippen LogP contribution in [0.2, 0.25) is 0 Å². The highest BCUT2D eigenvalue weighted by Gasteiger charge is 2.34. The van der Waals surface area contributed by atoms with E-state index in [0.717, 1.165) is 18.2 Å². The SMILES string of the molecule is C=C(C#N)C(=O)N(CCn1nc(-c2ccc(C(F)(F)F)c(O)c2)c2c(N)ncnc21)c1ccccc1. The van der Waals surface area contributed by atoms with Gasteiger partial charge in [-0.3, -0.25) is 4.79 Å². The Morgan fingerprint density at radius 1 is 1.19 bits per heavy atom. The Kier molecular flexibility index (Phi) is 6.31. The van der Waals surface area contributed by atoms with Gasteiger partial charge in [0.25, 0.3) is 5.91 Å². The molecule has 9 nitrogen and oxygen atoms in total. The summed E-state index contributed by atoms with van der Waals surface area (Å²) < 4.78 is 40.7. The average Bonchev–Trinajstić information content (AvgIpc) is 3.23. The number of hydrogen-bond donors (Lipinski definition) is 2. The van der Waals surface area contributed by atoms with E-state index < -0.39 is 23.4 Å². The second kappa shape index (κ2) is 9.38. The molecule has 36 heavy (non-hydrogen) atoms. The van der Waals surface area contributed by atoms with Gasteiger partial charge in [0.2, 0.25) is 0 Å². The van der Waals surface area contributed by atoms with Crippen molar-refractivity contribution in [1.82, 2.24) is 19.7 Å². The van der Waals surface area contributed by atoms with Gasteiger partial charge in [0.1, 0.15) is 35.2 Å². The highest BCUT2D eigenvalue weighted by atomic mass is 19.4. The standard InChI is InChI=1S/C24H18F3N7O2/c1-14(12-28)23(36)33(16-5-3-2-4-6-16)9-10-34-22-19(21(29)30-13-31-22)20(32-34)15-7-8-17(18(35)11-15)24(25,26)27/h2-8,11,13,35H,1,9-10H2,(H2,29,30,31). The number of nitrogen functional groups attached to an aromatic ring is 1. The fourth-order valence-corrected chi connectivity index (χ4v) is 3.67. The molecule has 0 aliphatic heterocycles. The van der Waals surface area contributed by atoms with Gasteiger partial charge in [0.05, 0.1) is 17.5 Å². The summed E-state index contributed by atoms with van der Waals surface area (Å²) in [4.78, 5) is 22.3. The Balaban J connectivity index is 1.75. The molecule has 1 amide bonds. The number of anilines is 2. The molecule has 0 fully saturated rings. The molecule has 0 aliphatic carbocycles. The predicted octanol–water partition coefficient (Wildman–Crippen LogP) is 3.91. The average molecular weight is 493 g/mol. The number of benzene rings is 2. The summed E-state index contributed by atoms with van der Waals surface area (Å²) in [5.41, 5.74) is 5.72. The number of phenolic OH excluding ortho intramolecular Hbond substituents is 1. The number of hydrogen-bond acceptors (Lipinski definition) is 7.